The van der Waals surface area contributed by atoms with E-state index >= 15 is 0 Å². The molecule has 0 spiro atoms. The summed E-state index contributed by atoms with van der Waals surface area (Å²) in [5, 5.41) is 15.7. The highest BCUT2D eigenvalue weighted by atomic mass is 16.5. The molecule has 1 atom stereocenters. The number of phenols is 1. The molecule has 2 rings (SSSR count). The van der Waals surface area contributed by atoms with Gasteiger partial charge in [-0.25, -0.2) is 0 Å². The molecular weight excluding hydrogens is 266 g/mol. The first kappa shape index (κ1) is 15.8. The van der Waals surface area contributed by atoms with Crippen molar-refractivity contribution in [2.75, 3.05) is 33.5 Å². The van der Waals surface area contributed by atoms with Gasteiger partial charge in [0.25, 0.3) is 0 Å². The molecule has 2 aromatic rings. The molecule has 0 aliphatic heterocycles. The first-order chi connectivity index (χ1) is 10.2. The Labute approximate surface area is 125 Å². The second-order valence-corrected chi connectivity index (χ2v) is 5.01. The van der Waals surface area contributed by atoms with Crippen molar-refractivity contribution in [2.45, 2.75) is 13.0 Å². The Morgan fingerprint density at radius 3 is 2.71 bits per heavy atom. The Morgan fingerprint density at radius 2 is 1.90 bits per heavy atom. The molecule has 2 N–H and O–H groups in total. The lowest BCUT2D eigenvalue weighted by Gasteiger charge is -2.17. The zero-order chi connectivity index (χ0) is 15.1. The number of benzene rings is 2. The van der Waals surface area contributed by atoms with Crippen LogP contribution in [-0.4, -0.2) is 38.6 Å². The summed E-state index contributed by atoms with van der Waals surface area (Å²) in [4.78, 5) is 0. The number of rotatable bonds is 8. The molecule has 2 aromatic carbocycles. The van der Waals surface area contributed by atoms with E-state index in [2.05, 4.69) is 5.32 Å². The van der Waals surface area contributed by atoms with Gasteiger partial charge < -0.3 is 19.9 Å². The van der Waals surface area contributed by atoms with Crippen LogP contribution in [0.2, 0.25) is 0 Å². The molecule has 21 heavy (non-hydrogen) atoms. The molecule has 4 heteroatoms. The molecule has 1 unspecified atom stereocenters. The predicted molar refractivity (Wildman–Crippen MR) is 84.7 cm³/mol. The Balaban J connectivity index is 1.93. The average Bonchev–Trinajstić information content (AvgIpc) is 2.51. The first-order valence-corrected chi connectivity index (χ1v) is 7.24. The minimum Gasteiger partial charge on any atom is -0.507 e. The summed E-state index contributed by atoms with van der Waals surface area (Å²) in [5.41, 5.74) is 0.908. The predicted octanol–water partition coefficient (Wildman–Crippen LogP) is 2.86. The lowest BCUT2D eigenvalue weighted by atomic mass is 10.0. The van der Waals surface area contributed by atoms with Crippen molar-refractivity contribution in [1.82, 2.24) is 5.32 Å². The number of fused-ring (bicyclic) bond motifs is 1. The molecule has 0 aliphatic rings. The van der Waals surface area contributed by atoms with Crippen LogP contribution in [0.1, 0.15) is 18.5 Å². The lowest BCUT2D eigenvalue weighted by molar-refractivity contribution is 0.0712. The highest BCUT2D eigenvalue weighted by Gasteiger charge is 2.12. The number of hydrogen-bond donors (Lipinski definition) is 2. The first-order valence-electron chi connectivity index (χ1n) is 7.24. The second kappa shape index (κ2) is 7.98. The largest absolute Gasteiger partial charge is 0.507 e. The van der Waals surface area contributed by atoms with Gasteiger partial charge in [0.2, 0.25) is 0 Å². The minimum atomic E-state index is 0.0700. The van der Waals surface area contributed by atoms with Crippen molar-refractivity contribution in [3.63, 3.8) is 0 Å². The van der Waals surface area contributed by atoms with Crippen LogP contribution in [0.3, 0.4) is 0 Å². The summed E-state index contributed by atoms with van der Waals surface area (Å²) in [6.45, 7) is 4.62. The SMILES string of the molecule is COCCOCCNC(C)c1ccc2ccccc2c1O. The van der Waals surface area contributed by atoms with Crippen LogP contribution >= 0.6 is 0 Å². The number of nitrogens with one attached hydrogen (secondary N) is 1. The van der Waals surface area contributed by atoms with E-state index in [4.69, 9.17) is 9.47 Å². The summed E-state index contributed by atoms with van der Waals surface area (Å²) >= 11 is 0. The number of aromatic hydroxyl groups is 1. The third-order valence-corrected chi connectivity index (χ3v) is 3.53. The van der Waals surface area contributed by atoms with Gasteiger partial charge in [-0.1, -0.05) is 36.4 Å². The maximum atomic E-state index is 10.4. The van der Waals surface area contributed by atoms with Crippen molar-refractivity contribution >= 4 is 10.8 Å². The van der Waals surface area contributed by atoms with E-state index in [9.17, 15) is 5.11 Å². The highest BCUT2D eigenvalue weighted by molar-refractivity contribution is 5.89. The van der Waals surface area contributed by atoms with Gasteiger partial charge in [-0.05, 0) is 12.3 Å². The van der Waals surface area contributed by atoms with Crippen LogP contribution in [0.25, 0.3) is 10.8 Å². The topological polar surface area (TPSA) is 50.7 Å². The van der Waals surface area contributed by atoms with Gasteiger partial charge in [0.1, 0.15) is 5.75 Å². The van der Waals surface area contributed by atoms with E-state index < -0.39 is 0 Å². The number of hydrogen-bond acceptors (Lipinski definition) is 4. The van der Waals surface area contributed by atoms with Gasteiger partial charge in [0, 0.05) is 30.6 Å². The molecule has 0 aliphatic carbocycles. The van der Waals surface area contributed by atoms with Gasteiger partial charge in [-0.3, -0.25) is 0 Å². The van der Waals surface area contributed by atoms with Gasteiger partial charge in [0.15, 0.2) is 0 Å². The van der Waals surface area contributed by atoms with Crippen LogP contribution in [0.15, 0.2) is 36.4 Å². The molecule has 0 heterocycles. The Kier molecular flexibility index (Phi) is 5.99. The van der Waals surface area contributed by atoms with E-state index in [1.165, 1.54) is 0 Å². The van der Waals surface area contributed by atoms with Gasteiger partial charge >= 0.3 is 0 Å². The molecule has 0 bridgehead atoms. The maximum Gasteiger partial charge on any atom is 0.128 e. The molecule has 0 saturated carbocycles. The summed E-state index contributed by atoms with van der Waals surface area (Å²) in [7, 11) is 1.66. The smallest absolute Gasteiger partial charge is 0.128 e. The number of methoxy groups -OCH3 is 1. The summed E-state index contributed by atoms with van der Waals surface area (Å²) < 4.78 is 10.3. The average molecular weight is 289 g/mol. The molecule has 0 amide bonds. The fraction of sp³-hybridized carbons (Fsp3) is 0.412. The fourth-order valence-corrected chi connectivity index (χ4v) is 2.32. The van der Waals surface area contributed by atoms with Crippen LogP contribution in [0.5, 0.6) is 5.75 Å². The maximum absolute atomic E-state index is 10.4. The van der Waals surface area contributed by atoms with Crippen molar-refractivity contribution in [2.24, 2.45) is 0 Å². The normalized spacial score (nSPS) is 12.7. The lowest BCUT2D eigenvalue weighted by Crippen LogP contribution is -2.24. The molecule has 0 radical (unpaired) electrons. The number of phenolic OH excluding ortho intramolecular Hbond substituents is 1. The monoisotopic (exact) mass is 289 g/mol. The molecule has 114 valence electrons. The minimum absolute atomic E-state index is 0.0700. The quantitative estimate of drug-likeness (QED) is 0.734. The Hall–Kier alpha value is -1.62. The highest BCUT2D eigenvalue weighted by Crippen LogP contribution is 2.32. The third kappa shape index (κ3) is 4.17. The van der Waals surface area contributed by atoms with Crippen molar-refractivity contribution in [3.05, 3.63) is 42.0 Å². The zero-order valence-corrected chi connectivity index (χ0v) is 12.6. The number of ether oxygens (including phenoxy) is 2. The van der Waals surface area contributed by atoms with Gasteiger partial charge in [0.05, 0.1) is 19.8 Å². The van der Waals surface area contributed by atoms with E-state index in [0.717, 1.165) is 22.9 Å². The summed E-state index contributed by atoms with van der Waals surface area (Å²) in [5.74, 6) is 0.355. The third-order valence-electron chi connectivity index (χ3n) is 3.53. The standard InChI is InChI=1S/C17H23NO3/c1-13(18-9-10-21-12-11-20-2)15-8-7-14-5-3-4-6-16(14)17(15)19/h3-8,13,18-19H,9-12H2,1-2H3. The molecular formula is C17H23NO3. The van der Waals surface area contributed by atoms with Crippen LogP contribution in [0.4, 0.5) is 0 Å². The zero-order valence-electron chi connectivity index (χ0n) is 12.6. The van der Waals surface area contributed by atoms with Crippen LogP contribution in [0, 0.1) is 0 Å². The van der Waals surface area contributed by atoms with Crippen molar-refractivity contribution in [1.29, 1.82) is 0 Å². The fourth-order valence-electron chi connectivity index (χ4n) is 2.32. The molecule has 0 fully saturated rings. The van der Waals surface area contributed by atoms with Gasteiger partial charge in [-0.15, -0.1) is 0 Å². The summed E-state index contributed by atoms with van der Waals surface area (Å²) in [6, 6.07) is 11.9. The molecule has 4 nitrogen and oxygen atoms in total. The summed E-state index contributed by atoms with van der Waals surface area (Å²) in [6.07, 6.45) is 0. The Bertz CT molecular complexity index is 571. The molecule has 0 saturated heterocycles. The van der Waals surface area contributed by atoms with Crippen molar-refractivity contribution in [3.8, 4) is 5.75 Å². The van der Waals surface area contributed by atoms with E-state index in [1.54, 1.807) is 7.11 Å². The van der Waals surface area contributed by atoms with E-state index in [0.29, 0.717) is 25.6 Å². The van der Waals surface area contributed by atoms with E-state index in [-0.39, 0.29) is 6.04 Å². The van der Waals surface area contributed by atoms with E-state index in [1.807, 2.05) is 43.3 Å². The van der Waals surface area contributed by atoms with Crippen LogP contribution in [-0.2, 0) is 9.47 Å². The molecule has 0 aromatic heterocycles. The second-order valence-electron chi connectivity index (χ2n) is 5.01. The van der Waals surface area contributed by atoms with Gasteiger partial charge in [-0.2, -0.15) is 0 Å². The van der Waals surface area contributed by atoms with Crippen LogP contribution < -0.4 is 5.32 Å². The van der Waals surface area contributed by atoms with Crippen molar-refractivity contribution < 1.29 is 14.6 Å². The Morgan fingerprint density at radius 1 is 1.10 bits per heavy atom.